The van der Waals surface area contributed by atoms with E-state index in [-0.39, 0.29) is 11.0 Å². The zero-order valence-corrected chi connectivity index (χ0v) is 6.19. The summed E-state index contributed by atoms with van der Waals surface area (Å²) >= 11 is 0. The number of rotatable bonds is 2. The summed E-state index contributed by atoms with van der Waals surface area (Å²) in [4.78, 5) is 0. The first-order valence-electron chi connectivity index (χ1n) is 3.05. The molecule has 1 aliphatic rings. The molecule has 0 spiro atoms. The molecular weight excluding hydrogens is 136 g/mol. The van der Waals surface area contributed by atoms with Gasteiger partial charge in [0.1, 0.15) is 0 Å². The van der Waals surface area contributed by atoms with Gasteiger partial charge in [0.25, 0.3) is 0 Å². The highest BCUT2D eigenvalue weighted by atomic mass is 32.2. The van der Waals surface area contributed by atoms with Gasteiger partial charge in [0.2, 0.25) is 0 Å². The number of hydrogen-bond acceptors (Lipinski definition) is 2. The predicted octanol–water partition coefficient (Wildman–Crippen LogP) is 0.750. The average molecular weight is 146 g/mol. The van der Waals surface area contributed by atoms with E-state index in [9.17, 15) is 8.42 Å². The minimum Gasteiger partial charge on any atom is -0.228 e. The van der Waals surface area contributed by atoms with Crippen LogP contribution in [0.5, 0.6) is 0 Å². The van der Waals surface area contributed by atoms with Crippen LogP contribution in [-0.4, -0.2) is 19.4 Å². The van der Waals surface area contributed by atoms with Crippen molar-refractivity contribution in [1.29, 1.82) is 0 Å². The van der Waals surface area contributed by atoms with Gasteiger partial charge >= 0.3 is 0 Å². The van der Waals surface area contributed by atoms with E-state index in [2.05, 4.69) is 0 Å². The van der Waals surface area contributed by atoms with E-state index in [1.165, 1.54) is 0 Å². The SMILES string of the molecule is CCS(=O)(=O)C1C=CC1. The van der Waals surface area contributed by atoms with Crippen molar-refractivity contribution < 1.29 is 8.42 Å². The lowest BCUT2D eigenvalue weighted by molar-refractivity contribution is 0.586. The minimum atomic E-state index is -2.75. The van der Waals surface area contributed by atoms with E-state index in [0.717, 1.165) is 6.42 Å². The topological polar surface area (TPSA) is 34.1 Å². The molecule has 0 bridgehead atoms. The summed E-state index contributed by atoms with van der Waals surface area (Å²) in [6.07, 6.45) is 4.35. The monoisotopic (exact) mass is 146 g/mol. The second-order valence-electron chi connectivity index (χ2n) is 2.15. The normalized spacial score (nSPS) is 25.7. The van der Waals surface area contributed by atoms with E-state index in [1.807, 2.05) is 6.08 Å². The van der Waals surface area contributed by atoms with Crippen LogP contribution < -0.4 is 0 Å². The highest BCUT2D eigenvalue weighted by molar-refractivity contribution is 7.92. The van der Waals surface area contributed by atoms with E-state index in [1.54, 1.807) is 13.0 Å². The van der Waals surface area contributed by atoms with Gasteiger partial charge < -0.3 is 0 Å². The lowest BCUT2D eigenvalue weighted by Gasteiger charge is -2.16. The summed E-state index contributed by atoms with van der Waals surface area (Å²) in [5, 5.41) is -0.164. The van der Waals surface area contributed by atoms with Crippen LogP contribution in [0.1, 0.15) is 13.3 Å². The van der Waals surface area contributed by atoms with Crippen molar-refractivity contribution in [3.05, 3.63) is 12.2 Å². The Morgan fingerprint density at radius 3 is 2.33 bits per heavy atom. The van der Waals surface area contributed by atoms with Gasteiger partial charge in [-0.15, -0.1) is 0 Å². The molecule has 1 unspecified atom stereocenters. The molecule has 0 aromatic heterocycles. The molecular formula is C6H10O2S. The van der Waals surface area contributed by atoms with E-state index in [0.29, 0.717) is 0 Å². The molecule has 0 heterocycles. The second kappa shape index (κ2) is 2.14. The molecule has 3 heteroatoms. The fraction of sp³-hybridized carbons (Fsp3) is 0.667. The lowest BCUT2D eigenvalue weighted by atomic mass is 10.1. The lowest BCUT2D eigenvalue weighted by Crippen LogP contribution is -2.24. The average Bonchev–Trinajstić information content (AvgIpc) is 1.60. The van der Waals surface area contributed by atoms with Crippen LogP contribution >= 0.6 is 0 Å². The maximum absolute atomic E-state index is 10.9. The van der Waals surface area contributed by atoms with Gasteiger partial charge in [0, 0.05) is 5.75 Å². The maximum atomic E-state index is 10.9. The molecule has 0 radical (unpaired) electrons. The molecule has 0 aromatic carbocycles. The Hall–Kier alpha value is -0.310. The van der Waals surface area contributed by atoms with Gasteiger partial charge in [-0.1, -0.05) is 19.1 Å². The van der Waals surface area contributed by atoms with Crippen molar-refractivity contribution in [3.8, 4) is 0 Å². The molecule has 0 aliphatic heterocycles. The number of hydrogen-bond donors (Lipinski definition) is 0. The van der Waals surface area contributed by atoms with Crippen molar-refractivity contribution in [1.82, 2.24) is 0 Å². The third-order valence-corrected chi connectivity index (χ3v) is 3.66. The van der Waals surface area contributed by atoms with E-state index >= 15 is 0 Å². The fourth-order valence-corrected chi connectivity index (χ4v) is 1.91. The third kappa shape index (κ3) is 1.15. The minimum absolute atomic E-state index is 0.164. The quantitative estimate of drug-likeness (QED) is 0.539. The predicted molar refractivity (Wildman–Crippen MR) is 37.0 cm³/mol. The molecule has 0 aromatic rings. The van der Waals surface area contributed by atoms with Crippen molar-refractivity contribution in [3.63, 3.8) is 0 Å². The van der Waals surface area contributed by atoms with Crippen LogP contribution in [0.25, 0.3) is 0 Å². The summed E-state index contributed by atoms with van der Waals surface area (Å²) in [6, 6.07) is 0. The van der Waals surface area contributed by atoms with Gasteiger partial charge in [-0.2, -0.15) is 0 Å². The molecule has 1 aliphatic carbocycles. The fourth-order valence-electron chi connectivity index (χ4n) is 0.728. The maximum Gasteiger partial charge on any atom is 0.156 e. The summed E-state index contributed by atoms with van der Waals surface area (Å²) in [7, 11) is -2.75. The number of allylic oxidation sites excluding steroid dienone is 1. The summed E-state index contributed by atoms with van der Waals surface area (Å²) < 4.78 is 21.9. The molecule has 1 rings (SSSR count). The van der Waals surface area contributed by atoms with Crippen LogP contribution in [0.2, 0.25) is 0 Å². The first-order chi connectivity index (χ1) is 4.17. The molecule has 0 saturated heterocycles. The highest BCUT2D eigenvalue weighted by Gasteiger charge is 2.23. The Morgan fingerprint density at radius 2 is 2.22 bits per heavy atom. The van der Waals surface area contributed by atoms with E-state index in [4.69, 9.17) is 0 Å². The smallest absolute Gasteiger partial charge is 0.156 e. The van der Waals surface area contributed by atoms with Crippen molar-refractivity contribution in [2.45, 2.75) is 18.6 Å². The Bertz CT molecular complexity index is 213. The molecule has 0 amide bonds. The van der Waals surface area contributed by atoms with Gasteiger partial charge in [-0.25, -0.2) is 8.42 Å². The molecule has 0 N–H and O–H groups in total. The molecule has 52 valence electrons. The Balaban J connectivity index is 2.72. The second-order valence-corrected chi connectivity index (χ2v) is 4.66. The van der Waals surface area contributed by atoms with Gasteiger partial charge in [0.15, 0.2) is 9.84 Å². The highest BCUT2D eigenvalue weighted by Crippen LogP contribution is 2.17. The Kier molecular flexibility index (Phi) is 1.62. The number of sulfone groups is 1. The van der Waals surface area contributed by atoms with Crippen LogP contribution in [0, 0.1) is 0 Å². The van der Waals surface area contributed by atoms with Gasteiger partial charge in [-0.3, -0.25) is 0 Å². The summed E-state index contributed by atoms with van der Waals surface area (Å²) in [5.41, 5.74) is 0. The Morgan fingerprint density at radius 1 is 1.67 bits per heavy atom. The van der Waals surface area contributed by atoms with Crippen LogP contribution in [0.15, 0.2) is 12.2 Å². The first-order valence-corrected chi connectivity index (χ1v) is 4.76. The third-order valence-electron chi connectivity index (χ3n) is 1.58. The standard InChI is InChI=1S/C6H10O2S/c1-2-9(7,8)6-4-3-5-6/h3-4,6H,2,5H2,1H3. The summed E-state index contributed by atoms with van der Waals surface area (Å²) in [6.45, 7) is 1.68. The zero-order chi connectivity index (χ0) is 6.91. The van der Waals surface area contributed by atoms with Crippen molar-refractivity contribution in [2.75, 3.05) is 5.75 Å². The van der Waals surface area contributed by atoms with Crippen LogP contribution in [0.3, 0.4) is 0 Å². The van der Waals surface area contributed by atoms with Gasteiger partial charge in [0.05, 0.1) is 5.25 Å². The van der Waals surface area contributed by atoms with Gasteiger partial charge in [-0.05, 0) is 6.42 Å². The zero-order valence-electron chi connectivity index (χ0n) is 5.37. The van der Waals surface area contributed by atoms with Crippen molar-refractivity contribution >= 4 is 9.84 Å². The molecule has 0 fully saturated rings. The molecule has 1 atom stereocenters. The Labute approximate surface area is 55.5 Å². The molecule has 9 heavy (non-hydrogen) atoms. The molecule has 2 nitrogen and oxygen atoms in total. The van der Waals surface area contributed by atoms with Crippen molar-refractivity contribution in [2.24, 2.45) is 0 Å². The molecule has 0 saturated carbocycles. The van der Waals surface area contributed by atoms with E-state index < -0.39 is 9.84 Å². The summed E-state index contributed by atoms with van der Waals surface area (Å²) in [5.74, 6) is 0.266. The van der Waals surface area contributed by atoms with Crippen LogP contribution in [0.4, 0.5) is 0 Å². The van der Waals surface area contributed by atoms with Crippen LogP contribution in [-0.2, 0) is 9.84 Å². The largest absolute Gasteiger partial charge is 0.228 e. The first kappa shape index (κ1) is 6.81.